The van der Waals surface area contributed by atoms with Gasteiger partial charge in [-0.15, -0.1) is 0 Å². The van der Waals surface area contributed by atoms with Crippen molar-refractivity contribution >= 4 is 17.9 Å². The summed E-state index contributed by atoms with van der Waals surface area (Å²) in [5.41, 5.74) is -0.187. The number of anilines is 1. The third-order valence-electron chi connectivity index (χ3n) is 5.36. The molecule has 1 unspecified atom stereocenters. The third-order valence-corrected chi connectivity index (χ3v) is 5.36. The molecule has 3 N–H and O–H groups in total. The van der Waals surface area contributed by atoms with Gasteiger partial charge in [0.25, 0.3) is 5.91 Å². The van der Waals surface area contributed by atoms with E-state index in [0.29, 0.717) is 6.29 Å². The maximum atomic E-state index is 13.6. The highest BCUT2D eigenvalue weighted by molar-refractivity contribution is 6.06. The van der Waals surface area contributed by atoms with Crippen molar-refractivity contribution in [3.63, 3.8) is 0 Å². The third kappa shape index (κ3) is 7.52. The van der Waals surface area contributed by atoms with Crippen molar-refractivity contribution in [2.45, 2.75) is 51.6 Å². The summed E-state index contributed by atoms with van der Waals surface area (Å²) in [7, 11) is 2.08. The normalized spacial score (nSPS) is 19.8. The number of hydrogen-bond donors (Lipinski definition) is 3. The van der Waals surface area contributed by atoms with Crippen LogP contribution in [0.3, 0.4) is 0 Å². The van der Waals surface area contributed by atoms with E-state index in [1.165, 1.54) is 44.6 Å². The van der Waals surface area contributed by atoms with Crippen molar-refractivity contribution in [2.24, 2.45) is 0 Å². The van der Waals surface area contributed by atoms with Gasteiger partial charge in [-0.25, -0.2) is 8.78 Å². The monoisotopic (exact) mass is 435 g/mol. The number of halogens is 2. The molecule has 1 aliphatic carbocycles. The number of rotatable bonds is 5. The first-order chi connectivity index (χ1) is 14.8. The second-order valence-corrected chi connectivity index (χ2v) is 7.79. The largest absolute Gasteiger partial charge is 0.319 e. The fourth-order valence-corrected chi connectivity index (χ4v) is 3.45. The van der Waals surface area contributed by atoms with E-state index in [1.54, 1.807) is 0 Å². The molecule has 1 saturated heterocycles. The average molecular weight is 436 g/mol. The predicted molar refractivity (Wildman–Crippen MR) is 117 cm³/mol. The van der Waals surface area contributed by atoms with Crippen LogP contribution in [-0.2, 0) is 4.79 Å². The summed E-state index contributed by atoms with van der Waals surface area (Å²) in [6, 6.07) is 1.48. The van der Waals surface area contributed by atoms with Gasteiger partial charge in [0.05, 0.1) is 17.5 Å². The number of nitrogens with zero attached hydrogens (tertiary/aromatic N) is 2. The summed E-state index contributed by atoms with van der Waals surface area (Å²) in [6.07, 6.45) is 8.49. The number of allylic oxidation sites excluding steroid dienone is 5. The number of H-pyrrole nitrogens is 1. The van der Waals surface area contributed by atoms with E-state index in [1.807, 2.05) is 0 Å². The van der Waals surface area contributed by atoms with Crippen LogP contribution in [0.15, 0.2) is 41.7 Å². The summed E-state index contributed by atoms with van der Waals surface area (Å²) >= 11 is 0. The molecule has 0 aromatic carbocycles. The standard InChI is InChI=1S/C12H9F2N3O2.C10H22N2/c13-7-2-1-3-9(14)8(4-7)12(19)16-10-5-15-17-11(10)6-18;1-9(2)12-7-4-5-10(11-3)6-8-12/h1-3,5-6H,4H2,(H,15,17)(H,16,19);9-11H,4-8H2,1-3H3. The number of aromatic nitrogens is 2. The van der Waals surface area contributed by atoms with Crippen LogP contribution in [-0.4, -0.2) is 59.5 Å². The molecular formula is C22H31F2N5O2. The summed E-state index contributed by atoms with van der Waals surface area (Å²) in [5, 5.41) is 11.6. The molecule has 1 aromatic rings. The first-order valence-corrected chi connectivity index (χ1v) is 10.5. The van der Waals surface area contributed by atoms with E-state index in [9.17, 15) is 18.4 Å². The summed E-state index contributed by atoms with van der Waals surface area (Å²) in [5.74, 6) is -2.27. The molecule has 170 valence electrons. The zero-order valence-corrected chi connectivity index (χ0v) is 18.3. The summed E-state index contributed by atoms with van der Waals surface area (Å²) < 4.78 is 26.8. The minimum Gasteiger partial charge on any atom is -0.319 e. The Balaban J connectivity index is 0.000000245. The Hall–Kier alpha value is -2.65. The lowest BCUT2D eigenvalue weighted by Crippen LogP contribution is -2.33. The average Bonchev–Trinajstić information content (AvgIpc) is 2.94. The van der Waals surface area contributed by atoms with Gasteiger partial charge in [0.1, 0.15) is 17.3 Å². The van der Waals surface area contributed by atoms with Crippen molar-refractivity contribution in [3.8, 4) is 0 Å². The first kappa shape index (κ1) is 24.6. The topological polar surface area (TPSA) is 90.1 Å². The molecule has 2 aliphatic rings. The van der Waals surface area contributed by atoms with Crippen LogP contribution in [0.1, 0.15) is 50.0 Å². The van der Waals surface area contributed by atoms with Gasteiger partial charge in [-0.2, -0.15) is 5.10 Å². The van der Waals surface area contributed by atoms with Crippen LogP contribution in [0.2, 0.25) is 0 Å². The number of likely N-dealkylation sites (tertiary alicyclic amines) is 1. The molecule has 1 fully saturated rings. The van der Waals surface area contributed by atoms with Crippen molar-refractivity contribution in [1.82, 2.24) is 20.4 Å². The van der Waals surface area contributed by atoms with Gasteiger partial charge >= 0.3 is 0 Å². The quantitative estimate of drug-likeness (QED) is 0.614. The molecule has 7 nitrogen and oxygen atoms in total. The molecule has 0 saturated carbocycles. The second kappa shape index (κ2) is 12.3. The number of aromatic amines is 1. The summed E-state index contributed by atoms with van der Waals surface area (Å²) in [4.78, 5) is 25.1. The van der Waals surface area contributed by atoms with Crippen LogP contribution in [0, 0.1) is 0 Å². The van der Waals surface area contributed by atoms with Gasteiger partial charge in [0.15, 0.2) is 6.29 Å². The lowest BCUT2D eigenvalue weighted by molar-refractivity contribution is -0.113. The molecule has 1 atom stereocenters. The molecule has 0 spiro atoms. The SMILES string of the molecule is CNC1CCCN(C(C)C)CC1.O=Cc1[nH]ncc1NC(=O)C1=C(F)C=CC=C(F)C1. The Bertz CT molecular complexity index is 845. The van der Waals surface area contributed by atoms with Gasteiger partial charge in [0, 0.05) is 18.5 Å². The molecule has 0 radical (unpaired) electrons. The highest BCUT2D eigenvalue weighted by atomic mass is 19.1. The van der Waals surface area contributed by atoms with Crippen molar-refractivity contribution in [2.75, 3.05) is 25.5 Å². The van der Waals surface area contributed by atoms with Gasteiger partial charge in [-0.05, 0) is 65.4 Å². The van der Waals surface area contributed by atoms with Crippen LogP contribution in [0.4, 0.5) is 14.5 Å². The maximum absolute atomic E-state index is 13.6. The minimum atomic E-state index is -0.822. The zero-order valence-electron chi connectivity index (χ0n) is 18.3. The molecule has 1 aliphatic heterocycles. The molecule has 1 aromatic heterocycles. The molecule has 3 rings (SSSR count). The Labute approximate surface area is 181 Å². The zero-order chi connectivity index (χ0) is 22.8. The van der Waals surface area contributed by atoms with E-state index in [4.69, 9.17) is 0 Å². The van der Waals surface area contributed by atoms with E-state index in [0.717, 1.165) is 24.2 Å². The van der Waals surface area contributed by atoms with Crippen molar-refractivity contribution in [1.29, 1.82) is 0 Å². The van der Waals surface area contributed by atoms with Crippen LogP contribution in [0.5, 0.6) is 0 Å². The molecular weight excluding hydrogens is 404 g/mol. The van der Waals surface area contributed by atoms with E-state index >= 15 is 0 Å². The van der Waals surface area contributed by atoms with Crippen LogP contribution >= 0.6 is 0 Å². The maximum Gasteiger partial charge on any atom is 0.255 e. The number of carbonyl (C=O) groups excluding carboxylic acids is 2. The lowest BCUT2D eigenvalue weighted by Gasteiger charge is -2.24. The van der Waals surface area contributed by atoms with E-state index in [2.05, 4.69) is 46.6 Å². The number of carbonyl (C=O) groups is 2. The Morgan fingerprint density at radius 1 is 1.32 bits per heavy atom. The minimum absolute atomic E-state index is 0.0505. The Kier molecular flexibility index (Phi) is 9.74. The number of aldehydes is 1. The van der Waals surface area contributed by atoms with Crippen LogP contribution < -0.4 is 10.6 Å². The highest BCUT2D eigenvalue weighted by Crippen LogP contribution is 2.23. The van der Waals surface area contributed by atoms with Gasteiger partial charge < -0.3 is 15.5 Å². The molecule has 0 bridgehead atoms. The lowest BCUT2D eigenvalue weighted by atomic mass is 10.1. The number of amides is 1. The number of hydrogen-bond acceptors (Lipinski definition) is 5. The van der Waals surface area contributed by atoms with Gasteiger partial charge in [0.2, 0.25) is 0 Å². The summed E-state index contributed by atoms with van der Waals surface area (Å²) in [6.45, 7) is 7.14. The van der Waals surface area contributed by atoms with E-state index < -0.39 is 24.0 Å². The Morgan fingerprint density at radius 2 is 2.10 bits per heavy atom. The van der Waals surface area contributed by atoms with E-state index in [-0.39, 0.29) is 17.0 Å². The smallest absolute Gasteiger partial charge is 0.255 e. The molecule has 31 heavy (non-hydrogen) atoms. The van der Waals surface area contributed by atoms with Crippen LogP contribution in [0.25, 0.3) is 0 Å². The fourth-order valence-electron chi connectivity index (χ4n) is 3.45. The fraction of sp³-hybridized carbons (Fsp3) is 0.500. The van der Waals surface area contributed by atoms with Gasteiger partial charge in [-0.3, -0.25) is 14.7 Å². The van der Waals surface area contributed by atoms with Gasteiger partial charge in [-0.1, -0.05) is 6.08 Å². The van der Waals surface area contributed by atoms with Crippen molar-refractivity contribution < 1.29 is 18.4 Å². The molecule has 1 amide bonds. The second-order valence-electron chi connectivity index (χ2n) is 7.79. The highest BCUT2D eigenvalue weighted by Gasteiger charge is 2.20. The first-order valence-electron chi connectivity index (χ1n) is 10.5. The Morgan fingerprint density at radius 3 is 2.77 bits per heavy atom. The number of nitrogens with one attached hydrogen (secondary N) is 3. The molecule has 9 heteroatoms. The predicted octanol–water partition coefficient (Wildman–Crippen LogP) is 3.67. The van der Waals surface area contributed by atoms with Crippen molar-refractivity contribution in [3.05, 3.63) is 47.3 Å². The molecule has 2 heterocycles.